The average molecular weight is 408 g/mol. The van der Waals surface area contributed by atoms with Gasteiger partial charge in [-0.3, -0.25) is 0 Å². The summed E-state index contributed by atoms with van der Waals surface area (Å²) in [5.41, 5.74) is -0.843. The molecule has 2 N–H and O–H groups in total. The summed E-state index contributed by atoms with van der Waals surface area (Å²) in [6.07, 6.45) is -4.83. The van der Waals surface area contributed by atoms with E-state index in [0.29, 0.717) is 0 Å². The average Bonchev–Trinajstić information content (AvgIpc) is 2.75. The summed E-state index contributed by atoms with van der Waals surface area (Å²) in [6.45, 7) is 0. The van der Waals surface area contributed by atoms with Crippen molar-refractivity contribution in [1.82, 2.24) is 0 Å². The SMILES string of the molecule is N#Cc1ccccc1C(=O)O[C@H](C(=O)O)[C@H](OC(=O)c1ccccc1C#N)C(=O)O. The number of benzene rings is 2. The Kier molecular flexibility index (Phi) is 6.83. The number of ether oxygens (including phenoxy) is 2. The van der Waals surface area contributed by atoms with E-state index in [4.69, 9.17) is 20.0 Å². The van der Waals surface area contributed by atoms with Gasteiger partial charge in [-0.1, -0.05) is 24.3 Å². The van der Waals surface area contributed by atoms with Gasteiger partial charge in [-0.15, -0.1) is 0 Å². The van der Waals surface area contributed by atoms with Crippen molar-refractivity contribution in [1.29, 1.82) is 10.5 Å². The summed E-state index contributed by atoms with van der Waals surface area (Å²) in [7, 11) is 0. The predicted molar refractivity (Wildman–Crippen MR) is 96.0 cm³/mol. The van der Waals surface area contributed by atoms with Crippen molar-refractivity contribution in [3.05, 3.63) is 70.8 Å². The van der Waals surface area contributed by atoms with Gasteiger partial charge in [-0.25, -0.2) is 19.2 Å². The van der Waals surface area contributed by atoms with Crippen LogP contribution in [0.4, 0.5) is 0 Å². The molecule has 0 aliphatic heterocycles. The second-order valence-electron chi connectivity index (χ2n) is 5.64. The Morgan fingerprint density at radius 3 is 1.33 bits per heavy atom. The van der Waals surface area contributed by atoms with E-state index < -0.39 is 36.1 Å². The molecule has 0 radical (unpaired) electrons. The zero-order chi connectivity index (χ0) is 22.3. The van der Waals surface area contributed by atoms with Crippen LogP contribution in [0.15, 0.2) is 48.5 Å². The highest BCUT2D eigenvalue weighted by Gasteiger charge is 2.41. The number of hydrogen-bond acceptors (Lipinski definition) is 8. The first-order chi connectivity index (χ1) is 14.3. The van der Waals surface area contributed by atoms with E-state index in [1.807, 2.05) is 0 Å². The number of nitriles is 2. The molecule has 2 aromatic carbocycles. The van der Waals surface area contributed by atoms with Crippen LogP contribution >= 0.6 is 0 Å². The van der Waals surface area contributed by atoms with E-state index in [0.717, 1.165) is 0 Å². The molecule has 0 aliphatic rings. The van der Waals surface area contributed by atoms with Crippen molar-refractivity contribution < 1.29 is 38.9 Å². The Morgan fingerprint density at radius 1 is 0.700 bits per heavy atom. The number of carbonyl (C=O) groups is 4. The lowest BCUT2D eigenvalue weighted by molar-refractivity contribution is -0.166. The number of aliphatic carboxylic acids is 2. The summed E-state index contributed by atoms with van der Waals surface area (Å²) in [6, 6.07) is 14.1. The third-order valence-electron chi connectivity index (χ3n) is 3.76. The van der Waals surface area contributed by atoms with E-state index in [2.05, 4.69) is 0 Å². The van der Waals surface area contributed by atoms with Crippen molar-refractivity contribution in [3.63, 3.8) is 0 Å². The zero-order valence-corrected chi connectivity index (χ0v) is 15.0. The lowest BCUT2D eigenvalue weighted by Crippen LogP contribution is -2.46. The van der Waals surface area contributed by atoms with Gasteiger partial charge in [0.25, 0.3) is 0 Å². The summed E-state index contributed by atoms with van der Waals surface area (Å²) in [4.78, 5) is 47.7. The van der Waals surface area contributed by atoms with Crippen molar-refractivity contribution in [2.75, 3.05) is 0 Å². The van der Waals surface area contributed by atoms with Gasteiger partial charge >= 0.3 is 23.9 Å². The Balaban J connectivity index is 2.33. The quantitative estimate of drug-likeness (QED) is 0.636. The highest BCUT2D eigenvalue weighted by molar-refractivity contribution is 5.97. The topological polar surface area (TPSA) is 175 Å². The molecule has 10 heteroatoms. The largest absolute Gasteiger partial charge is 0.478 e. The molecule has 30 heavy (non-hydrogen) atoms. The smallest absolute Gasteiger partial charge is 0.349 e. The van der Waals surface area contributed by atoms with Gasteiger partial charge in [0.1, 0.15) is 12.1 Å². The normalized spacial score (nSPS) is 11.8. The third kappa shape index (κ3) is 4.77. The van der Waals surface area contributed by atoms with Gasteiger partial charge in [0, 0.05) is 0 Å². The lowest BCUT2D eigenvalue weighted by Gasteiger charge is -2.21. The maximum absolute atomic E-state index is 12.3. The van der Waals surface area contributed by atoms with Gasteiger partial charge in [-0.05, 0) is 24.3 Å². The van der Waals surface area contributed by atoms with Gasteiger partial charge in [-0.2, -0.15) is 10.5 Å². The highest BCUT2D eigenvalue weighted by atomic mass is 16.6. The number of carboxylic acids is 2. The molecule has 0 aliphatic carbocycles. The number of hydrogen-bond donors (Lipinski definition) is 2. The minimum atomic E-state index is -2.42. The first-order valence-electron chi connectivity index (χ1n) is 8.16. The molecule has 0 fully saturated rings. The molecule has 0 saturated carbocycles. The number of carboxylic acid groups (broad SMARTS) is 2. The molecular formula is C20H12N2O8. The molecule has 10 nitrogen and oxygen atoms in total. The first kappa shape index (κ1) is 21.6. The number of nitrogens with zero attached hydrogens (tertiary/aromatic N) is 2. The van der Waals surface area contributed by atoms with E-state index >= 15 is 0 Å². The van der Waals surface area contributed by atoms with Crippen LogP contribution in [0.3, 0.4) is 0 Å². The van der Waals surface area contributed by atoms with E-state index in [1.54, 1.807) is 12.1 Å². The second kappa shape index (κ2) is 9.48. The molecule has 2 aromatic rings. The molecule has 0 spiro atoms. The minimum absolute atomic E-state index is 0.126. The molecule has 0 heterocycles. The van der Waals surface area contributed by atoms with E-state index in [1.165, 1.54) is 48.5 Å². The predicted octanol–water partition coefficient (Wildman–Crippen LogP) is 1.35. The van der Waals surface area contributed by atoms with Gasteiger partial charge in [0.05, 0.1) is 22.3 Å². The van der Waals surface area contributed by atoms with Crippen molar-refractivity contribution in [3.8, 4) is 12.1 Å². The Labute approximate surface area is 169 Å². The molecule has 150 valence electrons. The Morgan fingerprint density at radius 2 is 1.03 bits per heavy atom. The summed E-state index contributed by atoms with van der Waals surface area (Å²) >= 11 is 0. The molecule has 0 amide bonds. The summed E-state index contributed by atoms with van der Waals surface area (Å²) < 4.78 is 9.49. The fourth-order valence-electron chi connectivity index (χ4n) is 2.36. The van der Waals surface area contributed by atoms with Crippen LogP contribution in [-0.4, -0.2) is 46.3 Å². The van der Waals surface area contributed by atoms with Crippen LogP contribution < -0.4 is 0 Å². The van der Waals surface area contributed by atoms with Gasteiger partial charge in [0.2, 0.25) is 12.2 Å². The van der Waals surface area contributed by atoms with Crippen molar-refractivity contribution in [2.24, 2.45) is 0 Å². The van der Waals surface area contributed by atoms with Crippen molar-refractivity contribution in [2.45, 2.75) is 12.2 Å². The van der Waals surface area contributed by atoms with Gasteiger partial charge in [0.15, 0.2) is 0 Å². The second-order valence-corrected chi connectivity index (χ2v) is 5.64. The Bertz CT molecular complexity index is 1010. The standard InChI is InChI=1S/C20H12N2O8/c21-9-11-5-1-3-7-13(11)19(27)29-15(17(23)24)16(18(25)26)30-20(28)14-8-4-2-6-12(14)10-22/h1-8,15-16H,(H,23,24)(H,25,26)/t15-,16-/m0/s1. The first-order valence-corrected chi connectivity index (χ1v) is 8.16. The molecular weight excluding hydrogens is 396 g/mol. The summed E-state index contributed by atoms with van der Waals surface area (Å²) in [5, 5.41) is 36.8. The van der Waals surface area contributed by atoms with Gasteiger partial charge < -0.3 is 19.7 Å². The molecule has 0 unspecified atom stereocenters. The third-order valence-corrected chi connectivity index (χ3v) is 3.76. The Hall–Kier alpha value is -4.70. The van der Waals surface area contributed by atoms with Crippen LogP contribution in [0.1, 0.15) is 31.8 Å². The van der Waals surface area contributed by atoms with E-state index in [-0.39, 0.29) is 22.3 Å². The van der Waals surface area contributed by atoms with E-state index in [9.17, 15) is 29.4 Å². The van der Waals surface area contributed by atoms with Crippen LogP contribution in [-0.2, 0) is 19.1 Å². The fourth-order valence-corrected chi connectivity index (χ4v) is 2.36. The number of rotatable bonds is 7. The highest BCUT2D eigenvalue weighted by Crippen LogP contribution is 2.16. The maximum Gasteiger partial charge on any atom is 0.349 e. The minimum Gasteiger partial charge on any atom is -0.478 e. The molecule has 0 saturated heterocycles. The number of carbonyl (C=O) groups excluding carboxylic acids is 2. The monoisotopic (exact) mass is 408 g/mol. The van der Waals surface area contributed by atoms with Crippen LogP contribution in [0.25, 0.3) is 0 Å². The zero-order valence-electron chi connectivity index (χ0n) is 15.0. The van der Waals surface area contributed by atoms with Crippen LogP contribution in [0.2, 0.25) is 0 Å². The van der Waals surface area contributed by atoms with Crippen LogP contribution in [0, 0.1) is 22.7 Å². The number of esters is 2. The molecule has 2 rings (SSSR count). The molecule has 0 bridgehead atoms. The van der Waals surface area contributed by atoms with Crippen LogP contribution in [0.5, 0.6) is 0 Å². The lowest BCUT2D eigenvalue weighted by atomic mass is 10.1. The molecule has 2 atom stereocenters. The molecule has 0 aromatic heterocycles. The summed E-state index contributed by atoms with van der Waals surface area (Å²) in [5.74, 6) is -6.38. The van der Waals surface area contributed by atoms with Crippen molar-refractivity contribution >= 4 is 23.9 Å². The maximum atomic E-state index is 12.3. The fraction of sp³-hybridized carbons (Fsp3) is 0.100.